The van der Waals surface area contributed by atoms with E-state index in [4.69, 9.17) is 0 Å². The Kier molecular flexibility index (Phi) is 3.02. The van der Waals surface area contributed by atoms with Gasteiger partial charge in [0, 0.05) is 30.4 Å². The van der Waals surface area contributed by atoms with Crippen LogP contribution in [0.15, 0.2) is 6.20 Å². The van der Waals surface area contributed by atoms with E-state index in [0.29, 0.717) is 0 Å². The minimum Gasteiger partial charge on any atom is -0.364 e. The summed E-state index contributed by atoms with van der Waals surface area (Å²) in [5.74, 6) is 0.256. The van der Waals surface area contributed by atoms with E-state index in [1.54, 1.807) is 0 Å². The maximum absolute atomic E-state index is 12.3. The fourth-order valence-corrected chi connectivity index (χ4v) is 2.42. The Morgan fingerprint density at radius 2 is 2.12 bits per heavy atom. The summed E-state index contributed by atoms with van der Waals surface area (Å²) in [6.45, 7) is 9.72. The first kappa shape index (κ1) is 12.2. The topological polar surface area (TPSA) is 36.1 Å². The van der Waals surface area contributed by atoms with Gasteiger partial charge in [-0.05, 0) is 30.9 Å². The van der Waals surface area contributed by atoms with Gasteiger partial charge in [0.05, 0.1) is 0 Å². The molecule has 0 fully saturated rings. The number of fused-ring (bicyclic) bond motifs is 1. The lowest BCUT2D eigenvalue weighted by Crippen LogP contribution is -2.39. The summed E-state index contributed by atoms with van der Waals surface area (Å²) in [4.78, 5) is 17.7. The largest absolute Gasteiger partial charge is 0.364 e. The number of rotatable bonds is 0. The van der Waals surface area contributed by atoms with E-state index in [1.807, 2.05) is 25.7 Å². The van der Waals surface area contributed by atoms with Crippen molar-refractivity contribution in [2.24, 2.45) is 5.41 Å². The third-order valence-corrected chi connectivity index (χ3v) is 3.44. The minimum absolute atomic E-state index is 0.256. The lowest BCUT2D eigenvalue weighted by Gasteiger charge is -2.28. The lowest BCUT2D eigenvalue weighted by atomic mass is 9.94. The quantitative estimate of drug-likeness (QED) is 0.736. The van der Waals surface area contributed by atoms with Crippen LogP contribution in [0.2, 0.25) is 0 Å². The van der Waals surface area contributed by atoms with Gasteiger partial charge in [0.15, 0.2) is 0 Å². The number of nitrogens with zero attached hydrogens (tertiary/aromatic N) is 1. The van der Waals surface area contributed by atoms with Crippen molar-refractivity contribution in [1.29, 1.82) is 0 Å². The standard InChI is InChI=1S/C14H22N2O/c1-10-8-15-12-6-5-7-16(9-11(10)12)13(17)14(2,3)4/h8,15H,5-7,9H2,1-4H3. The Hall–Kier alpha value is -1.25. The molecule has 0 spiro atoms. The highest BCUT2D eigenvalue weighted by molar-refractivity contribution is 5.81. The zero-order valence-electron chi connectivity index (χ0n) is 11.3. The van der Waals surface area contributed by atoms with Crippen molar-refractivity contribution in [3.63, 3.8) is 0 Å². The van der Waals surface area contributed by atoms with Gasteiger partial charge in [-0.15, -0.1) is 0 Å². The molecule has 2 heterocycles. The normalized spacial score (nSPS) is 16.6. The van der Waals surface area contributed by atoms with Gasteiger partial charge in [0.25, 0.3) is 0 Å². The number of hydrogen-bond donors (Lipinski definition) is 1. The van der Waals surface area contributed by atoms with Gasteiger partial charge in [-0.3, -0.25) is 4.79 Å². The van der Waals surface area contributed by atoms with Crippen LogP contribution in [0.5, 0.6) is 0 Å². The van der Waals surface area contributed by atoms with Crippen LogP contribution in [0.1, 0.15) is 44.0 Å². The molecule has 94 valence electrons. The molecule has 1 amide bonds. The number of H-pyrrole nitrogens is 1. The van der Waals surface area contributed by atoms with Crippen molar-refractivity contribution in [3.8, 4) is 0 Å². The number of amides is 1. The molecule has 3 heteroatoms. The summed E-state index contributed by atoms with van der Waals surface area (Å²) < 4.78 is 0. The van der Waals surface area contributed by atoms with Gasteiger partial charge >= 0.3 is 0 Å². The first-order valence-corrected chi connectivity index (χ1v) is 6.34. The second kappa shape index (κ2) is 4.21. The highest BCUT2D eigenvalue weighted by Gasteiger charge is 2.29. The first-order chi connectivity index (χ1) is 7.89. The first-order valence-electron chi connectivity index (χ1n) is 6.34. The summed E-state index contributed by atoms with van der Waals surface area (Å²) >= 11 is 0. The Bertz CT molecular complexity index is 426. The minimum atomic E-state index is -0.283. The zero-order valence-corrected chi connectivity index (χ0v) is 11.3. The molecule has 0 atom stereocenters. The van der Waals surface area contributed by atoms with Gasteiger partial charge in [-0.2, -0.15) is 0 Å². The van der Waals surface area contributed by atoms with Crippen LogP contribution in [0.25, 0.3) is 0 Å². The van der Waals surface area contributed by atoms with Crippen LogP contribution in [-0.2, 0) is 17.8 Å². The summed E-state index contributed by atoms with van der Waals surface area (Å²) in [5.41, 5.74) is 3.62. The van der Waals surface area contributed by atoms with E-state index in [2.05, 4.69) is 18.1 Å². The Labute approximate surface area is 103 Å². The van der Waals surface area contributed by atoms with Crippen molar-refractivity contribution in [1.82, 2.24) is 9.88 Å². The Morgan fingerprint density at radius 1 is 1.41 bits per heavy atom. The van der Waals surface area contributed by atoms with Crippen LogP contribution in [0.4, 0.5) is 0 Å². The molecular weight excluding hydrogens is 212 g/mol. The van der Waals surface area contributed by atoms with Crippen molar-refractivity contribution in [2.45, 2.75) is 47.1 Å². The molecule has 3 nitrogen and oxygen atoms in total. The van der Waals surface area contributed by atoms with Crippen molar-refractivity contribution >= 4 is 5.91 Å². The molecule has 1 aromatic rings. The average molecular weight is 234 g/mol. The molecule has 2 rings (SSSR count). The molecule has 1 aliphatic rings. The molecule has 0 bridgehead atoms. The third kappa shape index (κ3) is 2.38. The van der Waals surface area contributed by atoms with Crippen LogP contribution in [0, 0.1) is 12.3 Å². The summed E-state index contributed by atoms with van der Waals surface area (Å²) in [7, 11) is 0. The molecule has 1 aromatic heterocycles. The van der Waals surface area contributed by atoms with Crippen LogP contribution >= 0.6 is 0 Å². The third-order valence-electron chi connectivity index (χ3n) is 3.44. The molecule has 17 heavy (non-hydrogen) atoms. The zero-order chi connectivity index (χ0) is 12.6. The number of carbonyl (C=O) groups excluding carboxylic acids is 1. The highest BCUT2D eigenvalue weighted by Crippen LogP contribution is 2.25. The SMILES string of the molecule is Cc1c[nH]c2c1CN(C(=O)C(C)(C)C)CCC2. The van der Waals surface area contributed by atoms with Crippen LogP contribution in [-0.4, -0.2) is 22.3 Å². The predicted molar refractivity (Wildman–Crippen MR) is 68.7 cm³/mol. The van der Waals surface area contributed by atoms with Gasteiger partial charge in [0.1, 0.15) is 0 Å². The molecule has 0 aromatic carbocycles. The number of aromatic nitrogens is 1. The highest BCUT2D eigenvalue weighted by atomic mass is 16.2. The fourth-order valence-electron chi connectivity index (χ4n) is 2.42. The molecule has 1 aliphatic heterocycles. The number of hydrogen-bond acceptors (Lipinski definition) is 1. The second-order valence-corrected chi connectivity index (χ2v) is 6.01. The fraction of sp³-hybridized carbons (Fsp3) is 0.643. The average Bonchev–Trinajstić information content (AvgIpc) is 2.50. The van der Waals surface area contributed by atoms with Gasteiger partial charge in [-0.25, -0.2) is 0 Å². The van der Waals surface area contributed by atoms with E-state index in [0.717, 1.165) is 25.9 Å². The van der Waals surface area contributed by atoms with Crippen molar-refractivity contribution in [2.75, 3.05) is 6.54 Å². The maximum atomic E-state index is 12.3. The maximum Gasteiger partial charge on any atom is 0.228 e. The number of nitrogens with one attached hydrogen (secondary N) is 1. The Balaban J connectivity index is 2.24. The lowest BCUT2D eigenvalue weighted by molar-refractivity contribution is -0.140. The van der Waals surface area contributed by atoms with Crippen LogP contribution < -0.4 is 0 Å². The molecule has 0 aliphatic carbocycles. The van der Waals surface area contributed by atoms with Gasteiger partial charge < -0.3 is 9.88 Å². The predicted octanol–water partition coefficient (Wildman–Crippen LogP) is 2.64. The summed E-state index contributed by atoms with van der Waals surface area (Å²) in [6.07, 6.45) is 4.15. The molecule has 0 unspecified atom stereocenters. The van der Waals surface area contributed by atoms with E-state index >= 15 is 0 Å². The van der Waals surface area contributed by atoms with E-state index in [1.165, 1.54) is 16.8 Å². The monoisotopic (exact) mass is 234 g/mol. The number of carbonyl (C=O) groups is 1. The molecule has 1 N–H and O–H groups in total. The van der Waals surface area contributed by atoms with E-state index < -0.39 is 0 Å². The van der Waals surface area contributed by atoms with Gasteiger partial charge in [0.2, 0.25) is 5.91 Å². The van der Waals surface area contributed by atoms with Crippen molar-refractivity contribution < 1.29 is 4.79 Å². The van der Waals surface area contributed by atoms with E-state index in [-0.39, 0.29) is 11.3 Å². The Morgan fingerprint density at radius 3 is 2.76 bits per heavy atom. The number of aryl methyl sites for hydroxylation is 2. The molecular formula is C14H22N2O. The smallest absolute Gasteiger partial charge is 0.228 e. The molecule has 0 radical (unpaired) electrons. The molecule has 0 saturated heterocycles. The summed E-state index contributed by atoms with van der Waals surface area (Å²) in [6, 6.07) is 0. The number of aromatic amines is 1. The van der Waals surface area contributed by atoms with Crippen LogP contribution in [0.3, 0.4) is 0 Å². The van der Waals surface area contributed by atoms with E-state index in [9.17, 15) is 4.79 Å². The second-order valence-electron chi connectivity index (χ2n) is 6.01. The molecule has 0 saturated carbocycles. The van der Waals surface area contributed by atoms with Crippen molar-refractivity contribution in [3.05, 3.63) is 23.0 Å². The summed E-state index contributed by atoms with van der Waals surface area (Å²) in [5, 5.41) is 0. The van der Waals surface area contributed by atoms with Gasteiger partial charge in [-0.1, -0.05) is 20.8 Å².